The Bertz CT molecular complexity index is 799. The van der Waals surface area contributed by atoms with Crippen LogP contribution >= 0.6 is 0 Å². The summed E-state index contributed by atoms with van der Waals surface area (Å²) in [7, 11) is 0. The molecule has 24 heavy (non-hydrogen) atoms. The average molecular weight is 325 g/mol. The van der Waals surface area contributed by atoms with Crippen LogP contribution in [0.2, 0.25) is 0 Å². The van der Waals surface area contributed by atoms with E-state index in [2.05, 4.69) is 9.97 Å². The molecule has 0 bridgehead atoms. The Morgan fingerprint density at radius 2 is 2.17 bits per heavy atom. The maximum absolute atomic E-state index is 12.6. The van der Waals surface area contributed by atoms with Crippen molar-refractivity contribution in [1.82, 2.24) is 14.9 Å². The molecule has 1 aromatic heterocycles. The quantitative estimate of drug-likeness (QED) is 0.872. The van der Waals surface area contributed by atoms with Crippen LogP contribution in [0.3, 0.4) is 0 Å². The number of rotatable bonds is 3. The molecule has 6 nitrogen and oxygen atoms in total. The van der Waals surface area contributed by atoms with Gasteiger partial charge in [0.05, 0.1) is 24.9 Å². The summed E-state index contributed by atoms with van der Waals surface area (Å²) in [6.07, 6.45) is 3.33. The first-order valence-electron chi connectivity index (χ1n) is 7.83. The molecule has 2 aromatic rings. The third kappa shape index (κ3) is 3.78. The van der Waals surface area contributed by atoms with Crippen molar-refractivity contribution >= 4 is 12.0 Å². The smallest absolute Gasteiger partial charge is 0.251 e. The number of morpholine rings is 1. The predicted molar refractivity (Wildman–Crippen MR) is 90.3 cm³/mol. The van der Waals surface area contributed by atoms with Crippen LogP contribution in [-0.2, 0) is 9.53 Å². The Kier molecular flexibility index (Phi) is 4.86. The SMILES string of the molecule is Cc1nc(C2COCCN2C(=O)/C=C/c2ccccc2)cc(=O)[nH]1. The number of aryl methyl sites for hydroxylation is 1. The number of carbonyl (C=O) groups is 1. The number of aromatic amines is 1. The van der Waals surface area contributed by atoms with Crippen molar-refractivity contribution in [2.24, 2.45) is 0 Å². The molecule has 1 amide bonds. The van der Waals surface area contributed by atoms with Gasteiger partial charge in [-0.2, -0.15) is 0 Å². The average Bonchev–Trinajstić information content (AvgIpc) is 2.60. The zero-order chi connectivity index (χ0) is 16.9. The van der Waals surface area contributed by atoms with Gasteiger partial charge in [-0.1, -0.05) is 30.3 Å². The van der Waals surface area contributed by atoms with Crippen molar-refractivity contribution in [2.45, 2.75) is 13.0 Å². The molecule has 6 heteroatoms. The van der Waals surface area contributed by atoms with Crippen molar-refractivity contribution in [3.8, 4) is 0 Å². The van der Waals surface area contributed by atoms with E-state index in [1.54, 1.807) is 24.0 Å². The van der Waals surface area contributed by atoms with E-state index in [1.165, 1.54) is 6.07 Å². The summed E-state index contributed by atoms with van der Waals surface area (Å²) in [6, 6.07) is 10.7. The monoisotopic (exact) mass is 325 g/mol. The topological polar surface area (TPSA) is 75.3 Å². The maximum atomic E-state index is 12.6. The second kappa shape index (κ2) is 7.23. The van der Waals surface area contributed by atoms with E-state index in [0.29, 0.717) is 31.3 Å². The third-order valence-corrected chi connectivity index (χ3v) is 3.85. The molecular formula is C18H19N3O3. The van der Waals surface area contributed by atoms with E-state index in [9.17, 15) is 9.59 Å². The van der Waals surface area contributed by atoms with Crippen LogP contribution < -0.4 is 5.56 Å². The first kappa shape index (κ1) is 16.1. The Morgan fingerprint density at radius 1 is 1.38 bits per heavy atom. The van der Waals surface area contributed by atoms with Crippen molar-refractivity contribution in [3.63, 3.8) is 0 Å². The highest BCUT2D eigenvalue weighted by molar-refractivity contribution is 5.92. The Balaban J connectivity index is 1.82. The number of ether oxygens (including phenoxy) is 1. The molecule has 1 aliphatic rings. The minimum Gasteiger partial charge on any atom is -0.377 e. The molecule has 0 saturated carbocycles. The highest BCUT2D eigenvalue weighted by Gasteiger charge is 2.29. The molecule has 1 aliphatic heterocycles. The Hall–Kier alpha value is -2.73. The first-order valence-corrected chi connectivity index (χ1v) is 7.83. The van der Waals surface area contributed by atoms with Crippen LogP contribution in [0.5, 0.6) is 0 Å². The largest absolute Gasteiger partial charge is 0.377 e. The van der Waals surface area contributed by atoms with Crippen LogP contribution in [0.4, 0.5) is 0 Å². The summed E-state index contributed by atoms with van der Waals surface area (Å²) in [5.41, 5.74) is 1.29. The molecule has 1 N–H and O–H groups in total. The second-order valence-corrected chi connectivity index (χ2v) is 5.62. The van der Waals surface area contributed by atoms with E-state index >= 15 is 0 Å². The number of H-pyrrole nitrogens is 1. The molecule has 1 atom stereocenters. The molecule has 1 fully saturated rings. The van der Waals surface area contributed by atoms with Gasteiger partial charge in [-0.3, -0.25) is 9.59 Å². The van der Waals surface area contributed by atoms with Crippen LogP contribution in [-0.4, -0.2) is 40.5 Å². The summed E-state index contributed by atoms with van der Waals surface area (Å²) in [4.78, 5) is 33.0. The predicted octanol–water partition coefficient (Wildman–Crippen LogP) is 1.69. The van der Waals surface area contributed by atoms with E-state index < -0.39 is 0 Å². The first-order chi connectivity index (χ1) is 11.6. The van der Waals surface area contributed by atoms with Gasteiger partial charge >= 0.3 is 0 Å². The van der Waals surface area contributed by atoms with Gasteiger partial charge in [-0.15, -0.1) is 0 Å². The van der Waals surface area contributed by atoms with Gasteiger partial charge in [-0.05, 0) is 18.6 Å². The molecule has 1 aromatic carbocycles. The number of nitrogens with one attached hydrogen (secondary N) is 1. The van der Waals surface area contributed by atoms with Crippen molar-refractivity contribution in [3.05, 3.63) is 69.9 Å². The van der Waals surface area contributed by atoms with Crippen LogP contribution in [0, 0.1) is 6.92 Å². The van der Waals surface area contributed by atoms with Gasteiger partial charge in [0.25, 0.3) is 5.56 Å². The lowest BCUT2D eigenvalue weighted by Crippen LogP contribution is -2.43. The molecule has 2 heterocycles. The van der Waals surface area contributed by atoms with Gasteiger partial charge in [0, 0.05) is 18.7 Å². The molecular weight excluding hydrogens is 306 g/mol. The van der Waals surface area contributed by atoms with E-state index in [1.807, 2.05) is 30.3 Å². The van der Waals surface area contributed by atoms with Crippen LogP contribution in [0.15, 0.2) is 47.3 Å². The number of nitrogens with zero attached hydrogens (tertiary/aromatic N) is 2. The van der Waals surface area contributed by atoms with Gasteiger partial charge in [0.15, 0.2) is 0 Å². The standard InChI is InChI=1S/C18H19N3O3/c1-13-19-15(11-17(22)20-13)16-12-24-10-9-21(16)18(23)8-7-14-5-3-2-4-6-14/h2-8,11,16H,9-10,12H2,1H3,(H,19,20,22)/b8-7+. The zero-order valence-electron chi connectivity index (χ0n) is 13.4. The lowest BCUT2D eigenvalue weighted by molar-refractivity contribution is -0.134. The summed E-state index contributed by atoms with van der Waals surface area (Å²) in [5.74, 6) is 0.405. The number of hydrogen-bond donors (Lipinski definition) is 1. The minimum atomic E-state index is -0.354. The molecule has 1 unspecified atom stereocenters. The fraction of sp³-hybridized carbons (Fsp3) is 0.278. The fourth-order valence-electron chi connectivity index (χ4n) is 2.71. The summed E-state index contributed by atoms with van der Waals surface area (Å²) in [5, 5.41) is 0. The minimum absolute atomic E-state index is 0.119. The molecule has 1 saturated heterocycles. The molecule has 0 radical (unpaired) electrons. The lowest BCUT2D eigenvalue weighted by atomic mass is 10.1. The maximum Gasteiger partial charge on any atom is 0.251 e. The van der Waals surface area contributed by atoms with Gasteiger partial charge < -0.3 is 14.6 Å². The van der Waals surface area contributed by atoms with E-state index in [4.69, 9.17) is 4.74 Å². The Morgan fingerprint density at radius 3 is 2.92 bits per heavy atom. The van der Waals surface area contributed by atoms with Crippen LogP contribution in [0.25, 0.3) is 6.08 Å². The zero-order valence-corrected chi connectivity index (χ0v) is 13.4. The second-order valence-electron chi connectivity index (χ2n) is 5.62. The van der Waals surface area contributed by atoms with Gasteiger partial charge in [-0.25, -0.2) is 4.98 Å². The number of amides is 1. The normalized spacial score (nSPS) is 18.0. The van der Waals surface area contributed by atoms with Crippen molar-refractivity contribution < 1.29 is 9.53 Å². The highest BCUT2D eigenvalue weighted by Crippen LogP contribution is 2.22. The summed E-state index contributed by atoms with van der Waals surface area (Å²) < 4.78 is 5.49. The van der Waals surface area contributed by atoms with Crippen molar-refractivity contribution in [1.29, 1.82) is 0 Å². The van der Waals surface area contributed by atoms with Gasteiger partial charge in [0.1, 0.15) is 5.82 Å². The number of aromatic nitrogens is 2. The Labute approximate surface area is 139 Å². The molecule has 0 aliphatic carbocycles. The van der Waals surface area contributed by atoms with Crippen molar-refractivity contribution in [2.75, 3.05) is 19.8 Å². The van der Waals surface area contributed by atoms with Crippen LogP contribution in [0.1, 0.15) is 23.1 Å². The molecule has 124 valence electrons. The highest BCUT2D eigenvalue weighted by atomic mass is 16.5. The summed E-state index contributed by atoms with van der Waals surface area (Å²) in [6.45, 7) is 3.00. The number of carbonyl (C=O) groups excluding carboxylic acids is 1. The number of benzene rings is 1. The molecule has 0 spiro atoms. The third-order valence-electron chi connectivity index (χ3n) is 3.85. The van der Waals surface area contributed by atoms with Gasteiger partial charge in [0.2, 0.25) is 5.91 Å². The van der Waals surface area contributed by atoms with E-state index in [0.717, 1.165) is 5.56 Å². The summed E-state index contributed by atoms with van der Waals surface area (Å²) >= 11 is 0. The fourth-order valence-corrected chi connectivity index (χ4v) is 2.71. The van der Waals surface area contributed by atoms with E-state index in [-0.39, 0.29) is 17.5 Å². The number of hydrogen-bond acceptors (Lipinski definition) is 4. The lowest BCUT2D eigenvalue weighted by Gasteiger charge is -2.34. The molecule has 3 rings (SSSR count).